The van der Waals surface area contributed by atoms with E-state index in [9.17, 15) is 0 Å². The fourth-order valence-corrected chi connectivity index (χ4v) is 2.59. The number of hydrogen-bond donors (Lipinski definition) is 1. The first-order valence-corrected chi connectivity index (χ1v) is 6.90. The second-order valence-corrected chi connectivity index (χ2v) is 5.33. The van der Waals surface area contributed by atoms with Gasteiger partial charge in [-0.05, 0) is 56.5 Å². The van der Waals surface area contributed by atoms with Crippen LogP contribution in [0.2, 0.25) is 0 Å². The Balaban J connectivity index is 2.29. The quantitative estimate of drug-likeness (QED) is 0.864. The second kappa shape index (κ2) is 6.03. The molecular weight excluding hydrogens is 230 g/mol. The van der Waals surface area contributed by atoms with Crippen molar-refractivity contribution in [3.63, 3.8) is 0 Å². The van der Waals surface area contributed by atoms with Crippen LogP contribution < -0.4 is 5.32 Å². The summed E-state index contributed by atoms with van der Waals surface area (Å²) in [5.41, 5.74) is 6.89. The van der Waals surface area contributed by atoms with Gasteiger partial charge in [-0.1, -0.05) is 48.0 Å². The maximum Gasteiger partial charge on any atom is 0.0361 e. The van der Waals surface area contributed by atoms with Crippen LogP contribution in [0, 0.1) is 20.8 Å². The largest absolute Gasteiger partial charge is 0.313 e. The molecule has 1 N–H and O–H groups in total. The van der Waals surface area contributed by atoms with Crippen molar-refractivity contribution < 1.29 is 0 Å². The molecule has 0 fully saturated rings. The Morgan fingerprint density at radius 3 is 2.37 bits per heavy atom. The molecule has 0 aliphatic rings. The van der Waals surface area contributed by atoms with Crippen molar-refractivity contribution in [2.45, 2.75) is 33.2 Å². The van der Waals surface area contributed by atoms with E-state index in [0.717, 1.165) is 6.42 Å². The van der Waals surface area contributed by atoms with Crippen molar-refractivity contribution in [1.29, 1.82) is 0 Å². The summed E-state index contributed by atoms with van der Waals surface area (Å²) >= 11 is 0. The Hall–Kier alpha value is -1.60. The average molecular weight is 253 g/mol. The van der Waals surface area contributed by atoms with Gasteiger partial charge in [-0.3, -0.25) is 0 Å². The molecule has 1 nitrogen and oxygen atoms in total. The maximum atomic E-state index is 3.45. The molecule has 0 aromatic heterocycles. The molecule has 1 heteroatoms. The van der Waals surface area contributed by atoms with Gasteiger partial charge in [0.05, 0.1) is 0 Å². The fraction of sp³-hybridized carbons (Fsp3) is 0.333. The standard InChI is InChI=1S/C18H23N/c1-13-9-10-14(2)16(11-13)12-18(19-4)17-8-6-5-7-15(17)3/h5-11,18-19H,12H2,1-4H3. The molecule has 1 atom stereocenters. The third-order valence-electron chi connectivity index (χ3n) is 3.84. The molecular formula is C18H23N. The minimum atomic E-state index is 0.377. The van der Waals surface area contributed by atoms with Gasteiger partial charge in [0.25, 0.3) is 0 Å². The third-order valence-corrected chi connectivity index (χ3v) is 3.84. The highest BCUT2D eigenvalue weighted by molar-refractivity contribution is 5.35. The van der Waals surface area contributed by atoms with E-state index in [1.807, 2.05) is 7.05 Å². The molecule has 2 rings (SSSR count). The lowest BCUT2D eigenvalue weighted by Crippen LogP contribution is -2.20. The van der Waals surface area contributed by atoms with E-state index < -0.39 is 0 Å². The predicted molar refractivity (Wildman–Crippen MR) is 82.6 cm³/mol. The lowest BCUT2D eigenvalue weighted by atomic mass is 9.93. The molecule has 0 saturated heterocycles. The average Bonchev–Trinajstić information content (AvgIpc) is 2.41. The molecule has 0 heterocycles. The molecule has 1 unspecified atom stereocenters. The molecule has 0 bridgehead atoms. The van der Waals surface area contributed by atoms with Crippen LogP contribution in [0.25, 0.3) is 0 Å². The third kappa shape index (κ3) is 3.24. The zero-order valence-corrected chi connectivity index (χ0v) is 12.3. The molecule has 0 spiro atoms. The van der Waals surface area contributed by atoms with Crippen molar-refractivity contribution in [2.24, 2.45) is 0 Å². The van der Waals surface area contributed by atoms with E-state index in [1.165, 1.54) is 27.8 Å². The topological polar surface area (TPSA) is 12.0 Å². The minimum absolute atomic E-state index is 0.377. The first-order valence-electron chi connectivity index (χ1n) is 6.90. The van der Waals surface area contributed by atoms with Gasteiger partial charge < -0.3 is 5.32 Å². The summed E-state index contributed by atoms with van der Waals surface area (Å²) in [6.07, 6.45) is 1.04. The molecule has 0 aliphatic carbocycles. The van der Waals surface area contributed by atoms with Crippen molar-refractivity contribution in [2.75, 3.05) is 7.05 Å². The van der Waals surface area contributed by atoms with Gasteiger partial charge in [-0.25, -0.2) is 0 Å². The van der Waals surface area contributed by atoms with Crippen molar-refractivity contribution in [1.82, 2.24) is 5.32 Å². The lowest BCUT2D eigenvalue weighted by molar-refractivity contribution is 0.587. The second-order valence-electron chi connectivity index (χ2n) is 5.33. The van der Waals surface area contributed by atoms with Gasteiger partial charge in [-0.15, -0.1) is 0 Å². The number of nitrogens with one attached hydrogen (secondary N) is 1. The Morgan fingerprint density at radius 2 is 1.68 bits per heavy atom. The first-order chi connectivity index (χ1) is 9.11. The highest BCUT2D eigenvalue weighted by Gasteiger charge is 2.13. The van der Waals surface area contributed by atoms with Gasteiger partial charge >= 0.3 is 0 Å². The van der Waals surface area contributed by atoms with Gasteiger partial charge in [-0.2, -0.15) is 0 Å². The Labute approximate surface area is 116 Å². The fourth-order valence-electron chi connectivity index (χ4n) is 2.59. The Bertz CT molecular complexity index is 557. The van der Waals surface area contributed by atoms with E-state index in [-0.39, 0.29) is 0 Å². The molecule has 19 heavy (non-hydrogen) atoms. The van der Waals surface area contributed by atoms with Crippen LogP contribution in [0.15, 0.2) is 42.5 Å². The molecule has 0 saturated carbocycles. The Kier molecular flexibility index (Phi) is 4.39. The van der Waals surface area contributed by atoms with E-state index in [1.54, 1.807) is 0 Å². The summed E-state index contributed by atoms with van der Waals surface area (Å²) < 4.78 is 0. The van der Waals surface area contributed by atoms with Crippen molar-refractivity contribution in [3.05, 3.63) is 70.3 Å². The normalized spacial score (nSPS) is 12.4. The SMILES string of the molecule is CNC(Cc1cc(C)ccc1C)c1ccccc1C. The number of aryl methyl sites for hydroxylation is 3. The van der Waals surface area contributed by atoms with Crippen LogP contribution in [0.1, 0.15) is 33.9 Å². The predicted octanol–water partition coefficient (Wildman–Crippen LogP) is 4.12. The van der Waals surface area contributed by atoms with Gasteiger partial charge in [0.1, 0.15) is 0 Å². The molecule has 0 aliphatic heterocycles. The molecule has 0 amide bonds. The summed E-state index contributed by atoms with van der Waals surface area (Å²) in [6, 6.07) is 15.7. The van der Waals surface area contributed by atoms with Gasteiger partial charge in [0.15, 0.2) is 0 Å². The number of rotatable bonds is 4. The number of benzene rings is 2. The smallest absolute Gasteiger partial charge is 0.0361 e. The van der Waals surface area contributed by atoms with Crippen molar-refractivity contribution >= 4 is 0 Å². The van der Waals surface area contributed by atoms with Gasteiger partial charge in [0.2, 0.25) is 0 Å². The Morgan fingerprint density at radius 1 is 0.947 bits per heavy atom. The minimum Gasteiger partial charge on any atom is -0.313 e. The van der Waals surface area contributed by atoms with Crippen LogP contribution >= 0.6 is 0 Å². The van der Waals surface area contributed by atoms with Crippen LogP contribution in [0.4, 0.5) is 0 Å². The van der Waals surface area contributed by atoms with E-state index >= 15 is 0 Å². The summed E-state index contributed by atoms with van der Waals surface area (Å²) in [6.45, 7) is 6.53. The monoisotopic (exact) mass is 253 g/mol. The van der Waals surface area contributed by atoms with E-state index in [4.69, 9.17) is 0 Å². The molecule has 2 aromatic carbocycles. The van der Waals surface area contributed by atoms with Crippen LogP contribution in [-0.4, -0.2) is 7.05 Å². The number of hydrogen-bond acceptors (Lipinski definition) is 1. The maximum absolute atomic E-state index is 3.45. The summed E-state index contributed by atoms with van der Waals surface area (Å²) in [4.78, 5) is 0. The van der Waals surface area contributed by atoms with Crippen molar-refractivity contribution in [3.8, 4) is 0 Å². The molecule has 2 aromatic rings. The highest BCUT2D eigenvalue weighted by Crippen LogP contribution is 2.23. The summed E-state index contributed by atoms with van der Waals surface area (Å²) in [7, 11) is 2.04. The first kappa shape index (κ1) is 13.8. The number of likely N-dealkylation sites (N-methyl/N-ethyl adjacent to an activating group) is 1. The van der Waals surface area contributed by atoms with Crippen LogP contribution in [-0.2, 0) is 6.42 Å². The molecule has 0 radical (unpaired) electrons. The summed E-state index contributed by atoms with van der Waals surface area (Å²) in [5.74, 6) is 0. The zero-order chi connectivity index (χ0) is 13.8. The van der Waals surface area contributed by atoms with Gasteiger partial charge in [0, 0.05) is 6.04 Å². The highest BCUT2D eigenvalue weighted by atomic mass is 14.9. The van der Waals surface area contributed by atoms with E-state index in [2.05, 4.69) is 68.6 Å². The van der Waals surface area contributed by atoms with Crippen LogP contribution in [0.5, 0.6) is 0 Å². The van der Waals surface area contributed by atoms with Crippen LogP contribution in [0.3, 0.4) is 0 Å². The molecule has 100 valence electrons. The zero-order valence-electron chi connectivity index (χ0n) is 12.3. The summed E-state index contributed by atoms with van der Waals surface area (Å²) in [5, 5.41) is 3.45. The lowest BCUT2D eigenvalue weighted by Gasteiger charge is -2.20. The van der Waals surface area contributed by atoms with E-state index in [0.29, 0.717) is 6.04 Å².